The minimum Gasteiger partial charge on any atom is -0.456 e. The van der Waals surface area contributed by atoms with Crippen molar-refractivity contribution >= 4 is 17.9 Å². The van der Waals surface area contributed by atoms with Crippen LogP contribution in [0.1, 0.15) is 26.3 Å². The fraction of sp³-hybridized carbons (Fsp3) is 0.526. The number of esters is 3. The highest BCUT2D eigenvalue weighted by Gasteiger charge is 2.51. The summed E-state index contributed by atoms with van der Waals surface area (Å²) in [4.78, 5) is 34.5. The van der Waals surface area contributed by atoms with Gasteiger partial charge in [0.25, 0.3) is 0 Å². The van der Waals surface area contributed by atoms with Gasteiger partial charge in [0, 0.05) is 20.8 Å². The van der Waals surface area contributed by atoms with E-state index in [1.54, 1.807) is 0 Å². The van der Waals surface area contributed by atoms with Gasteiger partial charge in [0.05, 0.1) is 13.2 Å². The summed E-state index contributed by atoms with van der Waals surface area (Å²) in [7, 11) is 0. The number of carbonyl (C=O) groups excluding carboxylic acids is 3. The molecule has 1 saturated heterocycles. The lowest BCUT2D eigenvalue weighted by Gasteiger charge is -2.42. The predicted octanol–water partition coefficient (Wildman–Crippen LogP) is 0.715. The Balaban J connectivity index is 2.16. The summed E-state index contributed by atoms with van der Waals surface area (Å²) in [5.74, 6) is -2.07. The van der Waals surface area contributed by atoms with E-state index >= 15 is 0 Å². The molecule has 1 aliphatic heterocycles. The molecule has 0 bridgehead atoms. The van der Waals surface area contributed by atoms with Crippen molar-refractivity contribution in [2.75, 3.05) is 6.61 Å². The van der Waals surface area contributed by atoms with E-state index in [-0.39, 0.29) is 13.2 Å². The van der Waals surface area contributed by atoms with Crippen molar-refractivity contribution in [3.8, 4) is 0 Å². The van der Waals surface area contributed by atoms with Gasteiger partial charge in [-0.25, -0.2) is 0 Å². The first-order valence-corrected chi connectivity index (χ1v) is 8.74. The van der Waals surface area contributed by atoms with Crippen molar-refractivity contribution in [2.24, 2.45) is 0 Å². The van der Waals surface area contributed by atoms with Crippen molar-refractivity contribution < 1.29 is 43.2 Å². The molecule has 0 aromatic heterocycles. The van der Waals surface area contributed by atoms with Gasteiger partial charge in [-0.3, -0.25) is 14.4 Å². The highest BCUT2D eigenvalue weighted by molar-refractivity contribution is 5.68. The van der Waals surface area contributed by atoms with Gasteiger partial charge in [-0.2, -0.15) is 0 Å². The number of hydrogen-bond acceptors (Lipinski definition) is 9. The minimum atomic E-state index is -1.59. The van der Waals surface area contributed by atoms with Gasteiger partial charge in [-0.1, -0.05) is 30.3 Å². The normalized spacial score (nSPS) is 26.9. The van der Waals surface area contributed by atoms with Gasteiger partial charge >= 0.3 is 17.9 Å². The standard InChI is InChI=1S/C19H24O9/c1-11(20)25-16-15(10-24-9-14-7-5-4-6-8-14)28-19(23)18(27-13(3)22)17(16)26-12(2)21/h4-8,15-19,23H,9-10H2,1-3H3/t15-,16+,17?,18?,19?/m0/s1. The van der Waals surface area contributed by atoms with Gasteiger partial charge in [-0.15, -0.1) is 0 Å². The fourth-order valence-corrected chi connectivity index (χ4v) is 2.87. The summed E-state index contributed by atoms with van der Waals surface area (Å²) >= 11 is 0. The molecule has 0 amide bonds. The van der Waals surface area contributed by atoms with Gasteiger partial charge in [-0.05, 0) is 5.56 Å². The van der Waals surface area contributed by atoms with E-state index in [2.05, 4.69) is 0 Å². The Morgan fingerprint density at radius 2 is 1.43 bits per heavy atom. The van der Waals surface area contributed by atoms with Gasteiger partial charge in [0.15, 0.2) is 24.6 Å². The quantitative estimate of drug-likeness (QED) is 0.525. The number of aliphatic hydroxyl groups is 1. The van der Waals surface area contributed by atoms with Crippen LogP contribution in [0.15, 0.2) is 30.3 Å². The third kappa shape index (κ3) is 6.29. The summed E-state index contributed by atoms with van der Waals surface area (Å²) in [5, 5.41) is 10.3. The molecule has 0 aliphatic carbocycles. The highest BCUT2D eigenvalue weighted by Crippen LogP contribution is 2.28. The molecule has 2 rings (SSSR count). The lowest BCUT2D eigenvalue weighted by Crippen LogP contribution is -2.62. The molecular formula is C19H24O9. The second-order valence-electron chi connectivity index (χ2n) is 6.29. The van der Waals surface area contributed by atoms with E-state index in [1.165, 1.54) is 6.92 Å². The molecule has 3 unspecified atom stereocenters. The predicted molar refractivity (Wildman–Crippen MR) is 93.6 cm³/mol. The molecule has 0 saturated carbocycles. The van der Waals surface area contributed by atoms with Crippen LogP contribution < -0.4 is 0 Å². The third-order valence-electron chi connectivity index (χ3n) is 3.91. The average molecular weight is 396 g/mol. The van der Waals surface area contributed by atoms with Crippen molar-refractivity contribution in [2.45, 2.75) is 58.1 Å². The lowest BCUT2D eigenvalue weighted by atomic mass is 9.98. The number of carbonyl (C=O) groups is 3. The zero-order valence-electron chi connectivity index (χ0n) is 15.9. The Bertz CT molecular complexity index is 675. The monoisotopic (exact) mass is 396 g/mol. The summed E-state index contributed by atoms with van der Waals surface area (Å²) in [6, 6.07) is 9.35. The van der Waals surface area contributed by atoms with E-state index in [4.69, 9.17) is 23.7 Å². The lowest BCUT2D eigenvalue weighted by molar-refractivity contribution is -0.297. The number of ether oxygens (including phenoxy) is 5. The maximum atomic E-state index is 11.6. The van der Waals surface area contributed by atoms with E-state index < -0.39 is 48.6 Å². The Morgan fingerprint density at radius 1 is 0.893 bits per heavy atom. The van der Waals surface area contributed by atoms with Crippen LogP contribution in [0.4, 0.5) is 0 Å². The van der Waals surface area contributed by atoms with Crippen molar-refractivity contribution in [3.63, 3.8) is 0 Å². The topological polar surface area (TPSA) is 118 Å². The molecule has 0 radical (unpaired) electrons. The maximum Gasteiger partial charge on any atom is 0.303 e. The molecule has 5 atom stereocenters. The number of hydrogen-bond donors (Lipinski definition) is 1. The second kappa shape index (κ2) is 10.2. The number of aliphatic hydroxyl groups excluding tert-OH is 1. The zero-order chi connectivity index (χ0) is 20.7. The van der Waals surface area contributed by atoms with Crippen LogP contribution in [-0.4, -0.2) is 60.3 Å². The molecule has 1 N–H and O–H groups in total. The minimum absolute atomic E-state index is 0.0611. The van der Waals surface area contributed by atoms with Gasteiger partial charge in [0.1, 0.15) is 6.10 Å². The van der Waals surface area contributed by atoms with Crippen molar-refractivity contribution in [1.29, 1.82) is 0 Å². The van der Waals surface area contributed by atoms with Crippen LogP contribution in [0.3, 0.4) is 0 Å². The Labute approximate surface area is 162 Å². The summed E-state index contributed by atoms with van der Waals surface area (Å²) in [5.41, 5.74) is 0.914. The first-order chi connectivity index (χ1) is 13.3. The average Bonchev–Trinajstić information content (AvgIpc) is 2.61. The van der Waals surface area contributed by atoms with E-state index in [0.29, 0.717) is 0 Å². The van der Waals surface area contributed by atoms with Crippen LogP contribution in [0, 0.1) is 0 Å². The summed E-state index contributed by atoms with van der Waals surface area (Å²) < 4.78 is 26.5. The van der Waals surface area contributed by atoms with Crippen LogP contribution in [0.25, 0.3) is 0 Å². The molecular weight excluding hydrogens is 372 g/mol. The van der Waals surface area contributed by atoms with Crippen LogP contribution >= 0.6 is 0 Å². The molecule has 0 spiro atoms. The van der Waals surface area contributed by atoms with E-state index in [9.17, 15) is 19.5 Å². The zero-order valence-corrected chi connectivity index (χ0v) is 15.9. The maximum absolute atomic E-state index is 11.6. The van der Waals surface area contributed by atoms with Crippen molar-refractivity contribution in [1.82, 2.24) is 0 Å². The Kier molecular flexibility index (Phi) is 7.91. The molecule has 9 heteroatoms. The highest BCUT2D eigenvalue weighted by atomic mass is 16.7. The summed E-state index contributed by atoms with van der Waals surface area (Å²) in [6.07, 6.45) is -6.27. The first-order valence-electron chi connectivity index (χ1n) is 8.74. The molecule has 28 heavy (non-hydrogen) atoms. The van der Waals surface area contributed by atoms with Crippen LogP contribution in [0.5, 0.6) is 0 Å². The molecule has 1 fully saturated rings. The molecule has 1 heterocycles. The fourth-order valence-electron chi connectivity index (χ4n) is 2.87. The Morgan fingerprint density at radius 3 is 2.00 bits per heavy atom. The first kappa shape index (κ1) is 21.8. The molecule has 1 aromatic carbocycles. The smallest absolute Gasteiger partial charge is 0.303 e. The molecule has 1 aromatic rings. The number of benzene rings is 1. The second-order valence-corrected chi connectivity index (χ2v) is 6.29. The molecule has 9 nitrogen and oxygen atoms in total. The van der Waals surface area contributed by atoms with Gasteiger partial charge < -0.3 is 28.8 Å². The Hall–Kier alpha value is -2.49. The van der Waals surface area contributed by atoms with Crippen LogP contribution in [0.2, 0.25) is 0 Å². The largest absolute Gasteiger partial charge is 0.456 e. The molecule has 154 valence electrons. The summed E-state index contributed by atoms with van der Waals surface area (Å²) in [6.45, 7) is 3.66. The van der Waals surface area contributed by atoms with E-state index in [1.807, 2.05) is 30.3 Å². The van der Waals surface area contributed by atoms with Gasteiger partial charge in [0.2, 0.25) is 0 Å². The van der Waals surface area contributed by atoms with E-state index in [0.717, 1.165) is 19.4 Å². The van der Waals surface area contributed by atoms with Crippen molar-refractivity contribution in [3.05, 3.63) is 35.9 Å². The van der Waals surface area contributed by atoms with Crippen LogP contribution in [-0.2, 0) is 44.7 Å². The SMILES string of the molecule is CC(=O)OC1C(O)O[C@@H](COCc2ccccc2)[C@@H](OC(C)=O)C1OC(C)=O. The molecule has 1 aliphatic rings. The number of rotatable bonds is 7. The third-order valence-corrected chi connectivity index (χ3v) is 3.91.